The van der Waals surface area contributed by atoms with Crippen LogP contribution in [0.15, 0.2) is 59.7 Å². The van der Waals surface area contributed by atoms with Gasteiger partial charge in [0.15, 0.2) is 0 Å². The molecule has 11 nitrogen and oxygen atoms in total. The van der Waals surface area contributed by atoms with Gasteiger partial charge in [-0.2, -0.15) is 5.10 Å². The molecule has 1 fully saturated rings. The number of benzene rings is 2. The Morgan fingerprint density at radius 1 is 0.861 bits per heavy atom. The van der Waals surface area contributed by atoms with Gasteiger partial charge in [0.1, 0.15) is 0 Å². The van der Waals surface area contributed by atoms with Gasteiger partial charge in [-0.05, 0) is 29.8 Å². The molecule has 2 aromatic carbocycles. The number of hydrogen-bond acceptors (Lipinski definition) is 6. The molecule has 0 atom stereocenters. The summed E-state index contributed by atoms with van der Waals surface area (Å²) >= 11 is 0. The highest BCUT2D eigenvalue weighted by Crippen LogP contribution is 2.17. The summed E-state index contributed by atoms with van der Waals surface area (Å²) in [5, 5.41) is 13.6. The Morgan fingerprint density at radius 3 is 2.11 bits per heavy atom. The molecule has 0 unspecified atom stereocenters. The summed E-state index contributed by atoms with van der Waals surface area (Å²) in [6.45, 7) is 0.447. The SMILES string of the molecule is O=C(CCC(=O)N1CCC(c2ccccc2)=N1)Nc1ccc(NC(=O)CCN2C(=O)CNC2=O)cc1. The number of nitrogens with zero attached hydrogens (tertiary/aromatic N) is 3. The zero-order chi connectivity index (χ0) is 25.5. The maximum Gasteiger partial charge on any atom is 0.324 e. The van der Waals surface area contributed by atoms with E-state index in [9.17, 15) is 24.0 Å². The molecule has 6 amide bonds. The van der Waals surface area contributed by atoms with Crippen molar-refractivity contribution in [1.29, 1.82) is 0 Å². The largest absolute Gasteiger partial charge is 0.329 e. The molecule has 0 radical (unpaired) electrons. The first-order valence-electron chi connectivity index (χ1n) is 11.6. The van der Waals surface area contributed by atoms with Crippen LogP contribution in [0.4, 0.5) is 16.2 Å². The van der Waals surface area contributed by atoms with E-state index < -0.39 is 6.03 Å². The molecule has 3 N–H and O–H groups in total. The minimum atomic E-state index is -0.500. The Morgan fingerprint density at radius 2 is 1.50 bits per heavy atom. The molecule has 0 spiro atoms. The molecule has 186 valence electrons. The molecule has 2 aromatic rings. The lowest BCUT2D eigenvalue weighted by Gasteiger charge is -2.12. The summed E-state index contributed by atoms with van der Waals surface area (Å²) in [5.74, 6) is -1.22. The van der Waals surface area contributed by atoms with Crippen LogP contribution in [-0.4, -0.2) is 64.9 Å². The molecule has 0 aliphatic carbocycles. The average molecular weight is 491 g/mol. The van der Waals surface area contributed by atoms with Crippen LogP contribution in [0.25, 0.3) is 0 Å². The molecule has 2 aliphatic rings. The van der Waals surface area contributed by atoms with Gasteiger partial charge in [0.2, 0.25) is 23.6 Å². The molecule has 2 heterocycles. The van der Waals surface area contributed by atoms with Gasteiger partial charge in [-0.25, -0.2) is 9.80 Å². The van der Waals surface area contributed by atoms with Crippen LogP contribution in [0.5, 0.6) is 0 Å². The first-order valence-corrected chi connectivity index (χ1v) is 11.6. The second-order valence-corrected chi connectivity index (χ2v) is 8.31. The molecule has 0 saturated carbocycles. The van der Waals surface area contributed by atoms with E-state index in [0.717, 1.165) is 16.2 Å². The lowest BCUT2D eigenvalue weighted by Crippen LogP contribution is -2.33. The number of carbonyl (C=O) groups is 5. The van der Waals surface area contributed by atoms with Crippen molar-refractivity contribution in [3.05, 3.63) is 60.2 Å². The number of urea groups is 1. The predicted molar refractivity (Wildman–Crippen MR) is 132 cm³/mol. The third kappa shape index (κ3) is 6.32. The number of rotatable bonds is 9. The summed E-state index contributed by atoms with van der Waals surface area (Å²) in [5.41, 5.74) is 2.87. The normalized spacial score (nSPS) is 14.9. The van der Waals surface area contributed by atoms with E-state index in [1.54, 1.807) is 24.3 Å². The van der Waals surface area contributed by atoms with Crippen LogP contribution in [0.2, 0.25) is 0 Å². The van der Waals surface area contributed by atoms with Crippen LogP contribution >= 0.6 is 0 Å². The van der Waals surface area contributed by atoms with Gasteiger partial charge < -0.3 is 16.0 Å². The zero-order valence-electron chi connectivity index (χ0n) is 19.5. The van der Waals surface area contributed by atoms with Crippen molar-refractivity contribution in [3.8, 4) is 0 Å². The number of hydrogen-bond donors (Lipinski definition) is 3. The van der Waals surface area contributed by atoms with E-state index in [2.05, 4.69) is 21.1 Å². The highest BCUT2D eigenvalue weighted by Gasteiger charge is 2.28. The summed E-state index contributed by atoms with van der Waals surface area (Å²) in [6.07, 6.45) is 0.714. The number of carbonyl (C=O) groups excluding carboxylic acids is 5. The second-order valence-electron chi connectivity index (χ2n) is 8.31. The van der Waals surface area contributed by atoms with E-state index in [4.69, 9.17) is 0 Å². The monoisotopic (exact) mass is 490 g/mol. The lowest BCUT2D eigenvalue weighted by atomic mass is 10.1. The van der Waals surface area contributed by atoms with Gasteiger partial charge in [-0.15, -0.1) is 0 Å². The number of nitrogens with one attached hydrogen (secondary N) is 3. The molecule has 0 aromatic heterocycles. The molecular formula is C25H26N6O5. The van der Waals surface area contributed by atoms with Gasteiger partial charge in [-0.1, -0.05) is 30.3 Å². The average Bonchev–Trinajstić information content (AvgIpc) is 3.50. The fourth-order valence-corrected chi connectivity index (χ4v) is 3.80. The summed E-state index contributed by atoms with van der Waals surface area (Å²) in [6, 6.07) is 15.7. The third-order valence-corrected chi connectivity index (χ3v) is 5.71. The van der Waals surface area contributed by atoms with Crippen LogP contribution in [0.3, 0.4) is 0 Å². The zero-order valence-corrected chi connectivity index (χ0v) is 19.5. The molecule has 36 heavy (non-hydrogen) atoms. The van der Waals surface area contributed by atoms with E-state index in [0.29, 0.717) is 24.3 Å². The first-order chi connectivity index (χ1) is 17.4. The Balaban J connectivity index is 1.18. The standard InChI is InChI=1S/C25H26N6O5/c32-21(10-11-23(34)31-15-12-20(29-31)17-4-2-1-3-5-17)27-18-6-8-19(9-7-18)28-22(33)13-14-30-24(35)16-26-25(30)36/h1-9H,10-16H2,(H,26,36)(H,27,32)(H,28,33). The minimum absolute atomic E-state index is 0.000329. The van der Waals surface area contributed by atoms with Gasteiger partial charge in [0.05, 0.1) is 18.8 Å². The van der Waals surface area contributed by atoms with Crippen molar-refractivity contribution in [2.45, 2.75) is 25.7 Å². The minimum Gasteiger partial charge on any atom is -0.329 e. The van der Waals surface area contributed by atoms with Crippen molar-refractivity contribution in [3.63, 3.8) is 0 Å². The molecule has 0 bridgehead atoms. The highest BCUT2D eigenvalue weighted by atomic mass is 16.2. The molecule has 11 heteroatoms. The number of hydrazone groups is 1. The van der Waals surface area contributed by atoms with Crippen LogP contribution < -0.4 is 16.0 Å². The Kier molecular flexibility index (Phi) is 7.69. The number of anilines is 2. The highest BCUT2D eigenvalue weighted by molar-refractivity contribution is 6.03. The van der Waals surface area contributed by atoms with Gasteiger partial charge in [0.25, 0.3) is 0 Å². The fraction of sp³-hybridized carbons (Fsp3) is 0.280. The summed E-state index contributed by atoms with van der Waals surface area (Å²) in [4.78, 5) is 60.9. The maximum absolute atomic E-state index is 12.5. The Labute approximate surface area is 207 Å². The molecule has 1 saturated heterocycles. The van der Waals surface area contributed by atoms with E-state index in [1.165, 1.54) is 5.01 Å². The van der Waals surface area contributed by atoms with Crippen molar-refractivity contribution < 1.29 is 24.0 Å². The fourth-order valence-electron chi connectivity index (χ4n) is 3.80. The van der Waals surface area contributed by atoms with Crippen LogP contribution in [0, 0.1) is 0 Å². The third-order valence-electron chi connectivity index (χ3n) is 5.71. The topological polar surface area (TPSA) is 140 Å². The quantitative estimate of drug-likeness (QED) is 0.461. The second kappa shape index (κ2) is 11.3. The Hall–Kier alpha value is -4.54. The van der Waals surface area contributed by atoms with Gasteiger partial charge in [0, 0.05) is 43.6 Å². The Bertz CT molecular complexity index is 1180. The van der Waals surface area contributed by atoms with Crippen LogP contribution in [-0.2, 0) is 19.2 Å². The molecular weight excluding hydrogens is 464 g/mol. The molecule has 2 aliphatic heterocycles. The van der Waals surface area contributed by atoms with Crippen molar-refractivity contribution in [2.75, 3.05) is 30.3 Å². The molecule has 4 rings (SSSR count). The number of imide groups is 1. The smallest absolute Gasteiger partial charge is 0.324 e. The lowest BCUT2D eigenvalue weighted by molar-refractivity contribution is -0.132. The summed E-state index contributed by atoms with van der Waals surface area (Å²) in [7, 11) is 0. The van der Waals surface area contributed by atoms with Crippen LogP contribution in [0.1, 0.15) is 31.2 Å². The van der Waals surface area contributed by atoms with Gasteiger partial charge >= 0.3 is 6.03 Å². The van der Waals surface area contributed by atoms with Crippen molar-refractivity contribution >= 4 is 46.7 Å². The maximum atomic E-state index is 12.5. The van der Waals surface area contributed by atoms with E-state index >= 15 is 0 Å². The predicted octanol–water partition coefficient (Wildman–Crippen LogP) is 1.92. The van der Waals surface area contributed by atoms with Gasteiger partial charge in [-0.3, -0.25) is 24.1 Å². The van der Waals surface area contributed by atoms with Crippen molar-refractivity contribution in [2.24, 2.45) is 5.10 Å². The first kappa shape index (κ1) is 24.6. The summed E-state index contributed by atoms with van der Waals surface area (Å²) < 4.78 is 0. The van der Waals surface area contributed by atoms with E-state index in [1.807, 2.05) is 30.3 Å². The number of amides is 6. The van der Waals surface area contributed by atoms with E-state index in [-0.39, 0.29) is 56.0 Å². The van der Waals surface area contributed by atoms with Crippen molar-refractivity contribution in [1.82, 2.24) is 15.2 Å².